The summed E-state index contributed by atoms with van der Waals surface area (Å²) < 4.78 is 77.7. The van der Waals surface area contributed by atoms with E-state index in [-0.39, 0.29) is 74.3 Å². The minimum absolute atomic E-state index is 0. The summed E-state index contributed by atoms with van der Waals surface area (Å²) >= 11 is 2.19. The molecule has 0 fully saturated rings. The summed E-state index contributed by atoms with van der Waals surface area (Å²) in [5.41, 5.74) is 1.92. The van der Waals surface area contributed by atoms with E-state index in [0.717, 1.165) is 44.6 Å². The minimum atomic E-state index is -3.66. The second-order valence-corrected chi connectivity index (χ2v) is 22.1. The van der Waals surface area contributed by atoms with E-state index in [1.54, 1.807) is 12.1 Å². The maximum absolute atomic E-state index is 13.8. The fourth-order valence-corrected chi connectivity index (χ4v) is 8.46. The van der Waals surface area contributed by atoms with E-state index in [0.29, 0.717) is 42.4 Å². The molecule has 0 radical (unpaired) electrons. The number of hydrogen-bond donors (Lipinski definition) is 4. The molecule has 0 saturated carbocycles. The summed E-state index contributed by atoms with van der Waals surface area (Å²) in [5.74, 6) is -4.25. The third-order valence-corrected chi connectivity index (χ3v) is 13.6. The number of carboxylic acid groups (broad SMARTS) is 2. The summed E-state index contributed by atoms with van der Waals surface area (Å²) in [5, 5.41) is 61.9. The summed E-state index contributed by atoms with van der Waals surface area (Å²) in [4.78, 5) is 39.9. The van der Waals surface area contributed by atoms with Crippen LogP contribution in [0.2, 0.25) is 0 Å². The van der Waals surface area contributed by atoms with Crippen LogP contribution in [0.5, 0.6) is 0 Å². The number of sulfonamides is 2. The first-order chi connectivity index (χ1) is 31.5. The van der Waals surface area contributed by atoms with Gasteiger partial charge in [-0.3, -0.25) is 0 Å². The van der Waals surface area contributed by atoms with Crippen molar-refractivity contribution in [3.8, 4) is 0 Å². The van der Waals surface area contributed by atoms with Gasteiger partial charge in [-0.15, -0.1) is 0 Å². The van der Waals surface area contributed by atoms with E-state index in [1.165, 1.54) is 74.8 Å². The van der Waals surface area contributed by atoms with E-state index < -0.39 is 80.9 Å². The largest absolute Gasteiger partial charge is 2.00 e. The molecular formula is C44H54CaF2N6O12S4. The molecule has 2 aromatic carbocycles. The van der Waals surface area contributed by atoms with Gasteiger partial charge in [-0.2, -0.15) is 0 Å². The third kappa shape index (κ3) is 20.4. The second kappa shape index (κ2) is 27.7. The van der Waals surface area contributed by atoms with Crippen LogP contribution in [0.4, 0.5) is 20.7 Å². The number of aliphatic carboxylic acids is 2. The van der Waals surface area contributed by atoms with E-state index in [2.05, 4.69) is 19.9 Å². The first-order valence-electron chi connectivity index (χ1n) is 20.6. The second-order valence-electron chi connectivity index (χ2n) is 15.9. The van der Waals surface area contributed by atoms with Gasteiger partial charge in [0.2, 0.25) is 31.9 Å². The van der Waals surface area contributed by atoms with Crippen molar-refractivity contribution in [3.63, 3.8) is 0 Å². The maximum Gasteiger partial charge on any atom is 2.00 e. The van der Waals surface area contributed by atoms with Gasteiger partial charge in [-0.05, 0) is 48.2 Å². The molecule has 2 heterocycles. The van der Waals surface area contributed by atoms with Crippen molar-refractivity contribution in [1.82, 2.24) is 19.9 Å². The molecule has 0 aliphatic rings. The number of aliphatic hydroxyl groups is 4. The quantitative estimate of drug-likeness (QED) is 0.0650. The Bertz CT molecular complexity index is 2500. The normalized spacial score (nSPS) is 13.7. The molecule has 69 heavy (non-hydrogen) atoms. The predicted molar refractivity (Wildman–Crippen MR) is 256 cm³/mol. The third-order valence-electron chi connectivity index (χ3n) is 9.33. The fraction of sp³-hybridized carbons (Fsp3) is 0.409. The number of hydrogen-bond acceptors (Lipinski definition) is 18. The van der Waals surface area contributed by atoms with Crippen LogP contribution in [-0.4, -0.2) is 158 Å². The molecule has 18 nitrogen and oxygen atoms in total. The molecule has 0 spiro atoms. The Morgan fingerprint density at radius 2 is 0.986 bits per heavy atom. The van der Waals surface area contributed by atoms with Gasteiger partial charge >= 0.3 is 37.7 Å². The van der Waals surface area contributed by atoms with Gasteiger partial charge in [0.15, 0.2) is 0 Å². The number of rotatable bonds is 22. The van der Waals surface area contributed by atoms with Gasteiger partial charge in [0.25, 0.3) is 0 Å². The fourth-order valence-electron chi connectivity index (χ4n) is 5.80. The Hall–Kier alpha value is -3.82. The molecule has 4 atom stereocenters. The van der Waals surface area contributed by atoms with E-state index >= 15 is 0 Å². The Morgan fingerprint density at radius 3 is 1.26 bits per heavy atom. The zero-order valence-electron chi connectivity index (χ0n) is 39.1. The van der Waals surface area contributed by atoms with Crippen LogP contribution in [-0.2, 0) is 29.6 Å². The SMILES string of the molecule is CC(C)c1nc(N(C)S(C)(=O)=O)nc(Sc2cccc(F)c2)c1/C=C/[C@@H](O)C[C@@H](O)CC(=O)[O-].CC(C)c1nc(N(C)S(C)(=O)=O)nc(Sc2cccc(F)c2)c1/C=C/[C@@H](O)C[C@@H](O)CC(=O)[O-].[Ca+2]. The molecular weight excluding hydrogens is 1010 g/mol. The van der Waals surface area contributed by atoms with Gasteiger partial charge in [0, 0.05) is 72.6 Å². The zero-order valence-corrected chi connectivity index (χ0v) is 44.5. The number of halogens is 2. The first-order valence-corrected chi connectivity index (χ1v) is 25.9. The number of carbonyl (C=O) groups excluding carboxylic acids is 2. The van der Waals surface area contributed by atoms with Crippen LogP contribution in [0.25, 0.3) is 12.2 Å². The van der Waals surface area contributed by atoms with Crippen LogP contribution < -0.4 is 18.8 Å². The Morgan fingerprint density at radius 1 is 0.652 bits per heavy atom. The minimum Gasteiger partial charge on any atom is -0.550 e. The van der Waals surface area contributed by atoms with Gasteiger partial charge in [-0.1, -0.05) is 87.7 Å². The molecule has 372 valence electrons. The molecule has 0 amide bonds. The van der Waals surface area contributed by atoms with E-state index in [1.807, 2.05) is 27.7 Å². The van der Waals surface area contributed by atoms with Crippen molar-refractivity contribution in [1.29, 1.82) is 0 Å². The number of anilines is 2. The molecule has 0 aliphatic heterocycles. The zero-order chi connectivity index (χ0) is 51.3. The van der Waals surface area contributed by atoms with Crippen molar-refractivity contribution in [2.45, 2.75) is 109 Å². The molecule has 0 bridgehead atoms. The molecule has 0 aliphatic carbocycles. The Kier molecular flexibility index (Phi) is 24.6. The Labute approximate surface area is 439 Å². The number of nitrogens with zero attached hydrogens (tertiary/aromatic N) is 6. The van der Waals surface area contributed by atoms with Crippen LogP contribution in [0.3, 0.4) is 0 Å². The van der Waals surface area contributed by atoms with E-state index in [4.69, 9.17) is 0 Å². The Balaban J connectivity index is 0.000000467. The summed E-state index contributed by atoms with van der Waals surface area (Å²) in [6, 6.07) is 11.6. The van der Waals surface area contributed by atoms with Crippen LogP contribution >= 0.6 is 23.5 Å². The average Bonchev–Trinajstić information content (AvgIpc) is 3.20. The molecule has 2 aromatic heterocycles. The van der Waals surface area contributed by atoms with Gasteiger partial charge in [-0.25, -0.2) is 54.2 Å². The summed E-state index contributed by atoms with van der Waals surface area (Å²) in [6.07, 6.45) is 1.17. The topological polar surface area (TPSA) is 287 Å². The van der Waals surface area contributed by atoms with Crippen molar-refractivity contribution in [3.05, 3.63) is 94.8 Å². The first kappa shape index (κ1) is 61.3. The maximum atomic E-state index is 13.8. The van der Waals surface area contributed by atoms with Crippen molar-refractivity contribution >= 4 is 117 Å². The number of aromatic nitrogens is 4. The van der Waals surface area contributed by atoms with Gasteiger partial charge in [0.05, 0.1) is 48.3 Å². The van der Waals surface area contributed by atoms with Gasteiger partial charge in [0.1, 0.15) is 21.7 Å². The van der Waals surface area contributed by atoms with Crippen LogP contribution in [0.15, 0.2) is 80.5 Å². The van der Waals surface area contributed by atoms with Crippen molar-refractivity contribution in [2.75, 3.05) is 35.2 Å². The molecule has 0 saturated heterocycles. The summed E-state index contributed by atoms with van der Waals surface area (Å²) in [7, 11) is -4.67. The number of benzene rings is 2. The van der Waals surface area contributed by atoms with Crippen molar-refractivity contribution < 1.29 is 65.8 Å². The molecule has 25 heteroatoms. The van der Waals surface area contributed by atoms with E-state index in [9.17, 15) is 65.8 Å². The number of aliphatic hydroxyl groups excluding tert-OH is 4. The number of carboxylic acids is 2. The smallest absolute Gasteiger partial charge is 0.550 e. The summed E-state index contributed by atoms with van der Waals surface area (Å²) in [6.45, 7) is 7.39. The molecule has 0 unspecified atom stereocenters. The van der Waals surface area contributed by atoms with Crippen LogP contribution in [0, 0.1) is 11.6 Å². The van der Waals surface area contributed by atoms with Gasteiger partial charge < -0.3 is 40.2 Å². The molecule has 4 aromatic rings. The van der Waals surface area contributed by atoms with Crippen LogP contribution in [0.1, 0.15) is 87.7 Å². The monoisotopic (exact) mass is 1060 g/mol. The standard InChI is InChI=1S/2C22H28FN3O6S2.Ca/c2*1-13(2)20-18(9-8-15(27)11-16(28)12-19(29)30)21(33-17-7-5-6-14(23)10-17)25-22(24-20)26(3)34(4,31)32;/h2*5-10,13,15-16,27-28H,11-12H2,1-4H3,(H,29,30);/q;;+2/p-2/b2*9-8+;/t2*15-,16-;/m11./s1. The average molecular weight is 1070 g/mol. The molecule has 4 N–H and O–H groups in total. The molecule has 4 rings (SSSR count). The number of carbonyl (C=O) groups is 2. The predicted octanol–water partition coefficient (Wildman–Crippen LogP) is 2.72. The van der Waals surface area contributed by atoms with Crippen molar-refractivity contribution in [2.24, 2.45) is 0 Å².